The second-order valence-corrected chi connectivity index (χ2v) is 2.83. The Balaban J connectivity index is 3.50. The van der Waals surface area contributed by atoms with Crippen molar-refractivity contribution < 1.29 is 13.6 Å². The van der Waals surface area contributed by atoms with Gasteiger partial charge < -0.3 is 5.73 Å². The average molecular weight is 185 g/mol. The molecule has 0 aliphatic rings. The molecular formula is C9H9F2NO. The number of nitrogens with two attached hydrogens (primary N) is 1. The number of carbonyl (C=O) groups excluding carboxylic acids is 1. The van der Waals surface area contributed by atoms with Crippen molar-refractivity contribution in [2.45, 2.75) is 13.8 Å². The van der Waals surface area contributed by atoms with Crippen molar-refractivity contribution in [3.05, 3.63) is 34.4 Å². The number of amides is 1. The summed E-state index contributed by atoms with van der Waals surface area (Å²) in [6.45, 7) is 2.85. The van der Waals surface area contributed by atoms with E-state index in [0.717, 1.165) is 6.07 Å². The second-order valence-electron chi connectivity index (χ2n) is 2.83. The van der Waals surface area contributed by atoms with Crippen molar-refractivity contribution in [2.75, 3.05) is 0 Å². The van der Waals surface area contributed by atoms with Gasteiger partial charge in [-0.15, -0.1) is 0 Å². The summed E-state index contributed by atoms with van der Waals surface area (Å²) in [6, 6.07) is 0.819. The van der Waals surface area contributed by atoms with E-state index in [1.165, 1.54) is 13.8 Å². The highest BCUT2D eigenvalue weighted by atomic mass is 19.1. The molecule has 0 aliphatic carbocycles. The number of benzene rings is 1. The van der Waals surface area contributed by atoms with Crippen LogP contribution in [0, 0.1) is 25.5 Å². The Labute approximate surface area is 74.4 Å². The SMILES string of the molecule is Cc1c(F)cc(C(N)=O)c(F)c1C. The predicted octanol–water partition coefficient (Wildman–Crippen LogP) is 1.68. The quantitative estimate of drug-likeness (QED) is 0.710. The zero-order valence-electron chi connectivity index (χ0n) is 7.32. The van der Waals surface area contributed by atoms with Crippen LogP contribution in [0.5, 0.6) is 0 Å². The van der Waals surface area contributed by atoms with E-state index in [1.54, 1.807) is 0 Å². The van der Waals surface area contributed by atoms with Gasteiger partial charge in [0.25, 0.3) is 5.91 Å². The van der Waals surface area contributed by atoms with Crippen molar-refractivity contribution >= 4 is 5.91 Å². The molecule has 0 saturated heterocycles. The van der Waals surface area contributed by atoms with Gasteiger partial charge in [-0.05, 0) is 31.0 Å². The summed E-state index contributed by atoms with van der Waals surface area (Å²) >= 11 is 0. The fraction of sp³-hybridized carbons (Fsp3) is 0.222. The number of hydrogen-bond acceptors (Lipinski definition) is 1. The molecule has 70 valence electrons. The lowest BCUT2D eigenvalue weighted by atomic mass is 10.0. The maximum absolute atomic E-state index is 13.2. The molecule has 1 aromatic carbocycles. The minimum absolute atomic E-state index is 0.119. The van der Waals surface area contributed by atoms with Gasteiger partial charge in [0, 0.05) is 0 Å². The Kier molecular flexibility index (Phi) is 2.32. The Bertz CT molecular complexity index is 374. The molecule has 1 amide bonds. The third kappa shape index (κ3) is 1.52. The molecule has 0 aromatic heterocycles. The molecule has 2 nitrogen and oxygen atoms in total. The molecular weight excluding hydrogens is 176 g/mol. The van der Waals surface area contributed by atoms with Crippen molar-refractivity contribution in [3.8, 4) is 0 Å². The molecule has 1 aromatic rings. The van der Waals surface area contributed by atoms with Gasteiger partial charge in [0.05, 0.1) is 5.56 Å². The Hall–Kier alpha value is -1.45. The molecule has 1 rings (SSSR count). The maximum Gasteiger partial charge on any atom is 0.251 e. The number of carbonyl (C=O) groups is 1. The van der Waals surface area contributed by atoms with E-state index in [2.05, 4.69) is 0 Å². The fourth-order valence-corrected chi connectivity index (χ4v) is 1.02. The molecule has 0 spiro atoms. The lowest BCUT2D eigenvalue weighted by Gasteiger charge is -2.06. The van der Waals surface area contributed by atoms with Crippen molar-refractivity contribution in [1.82, 2.24) is 0 Å². The standard InChI is InChI=1S/C9H9F2NO/c1-4-5(2)8(11)6(9(12)13)3-7(4)10/h3H,1-2H3,(H2,12,13). The van der Waals surface area contributed by atoms with Gasteiger partial charge in [0.2, 0.25) is 0 Å². The lowest BCUT2D eigenvalue weighted by molar-refractivity contribution is 0.0996. The van der Waals surface area contributed by atoms with Crippen LogP contribution in [0.1, 0.15) is 21.5 Å². The molecule has 0 fully saturated rings. The normalized spacial score (nSPS) is 10.2. The Morgan fingerprint density at radius 1 is 1.31 bits per heavy atom. The zero-order chi connectivity index (χ0) is 10.2. The highest BCUT2D eigenvalue weighted by Gasteiger charge is 2.15. The average Bonchev–Trinajstić information content (AvgIpc) is 2.07. The summed E-state index contributed by atoms with van der Waals surface area (Å²) in [6.07, 6.45) is 0. The second kappa shape index (κ2) is 3.12. The first-order valence-electron chi connectivity index (χ1n) is 3.70. The highest BCUT2D eigenvalue weighted by Crippen LogP contribution is 2.19. The minimum atomic E-state index is -0.959. The predicted molar refractivity (Wildman–Crippen MR) is 44.3 cm³/mol. The van der Waals surface area contributed by atoms with Gasteiger partial charge in [-0.25, -0.2) is 8.78 Å². The first-order valence-corrected chi connectivity index (χ1v) is 3.70. The number of rotatable bonds is 1. The molecule has 2 N–H and O–H groups in total. The van der Waals surface area contributed by atoms with Crippen LogP contribution >= 0.6 is 0 Å². The molecule has 13 heavy (non-hydrogen) atoms. The van der Waals surface area contributed by atoms with E-state index in [9.17, 15) is 13.6 Å². The summed E-state index contributed by atoms with van der Waals surface area (Å²) in [4.78, 5) is 10.7. The summed E-state index contributed by atoms with van der Waals surface area (Å²) in [5, 5.41) is 0. The van der Waals surface area contributed by atoms with E-state index in [1.807, 2.05) is 0 Å². The largest absolute Gasteiger partial charge is 0.366 e. The van der Waals surface area contributed by atoms with Crippen LogP contribution in [-0.4, -0.2) is 5.91 Å². The number of halogens is 2. The Morgan fingerprint density at radius 3 is 2.31 bits per heavy atom. The highest BCUT2D eigenvalue weighted by molar-refractivity contribution is 5.93. The molecule has 0 saturated carbocycles. The first kappa shape index (κ1) is 9.64. The van der Waals surface area contributed by atoms with E-state index in [4.69, 9.17) is 5.73 Å². The van der Waals surface area contributed by atoms with Crippen LogP contribution in [0.15, 0.2) is 6.07 Å². The monoisotopic (exact) mass is 185 g/mol. The number of hydrogen-bond donors (Lipinski definition) is 1. The summed E-state index contributed by atoms with van der Waals surface area (Å²) in [5.74, 6) is -2.32. The Morgan fingerprint density at radius 2 is 1.85 bits per heavy atom. The minimum Gasteiger partial charge on any atom is -0.366 e. The van der Waals surface area contributed by atoms with Gasteiger partial charge in [0.15, 0.2) is 0 Å². The van der Waals surface area contributed by atoms with Crippen LogP contribution in [-0.2, 0) is 0 Å². The molecule has 0 unspecified atom stereocenters. The van der Waals surface area contributed by atoms with Crippen LogP contribution in [0.2, 0.25) is 0 Å². The van der Waals surface area contributed by atoms with Gasteiger partial charge in [-0.2, -0.15) is 0 Å². The topological polar surface area (TPSA) is 43.1 Å². The van der Waals surface area contributed by atoms with E-state index in [-0.39, 0.29) is 11.1 Å². The maximum atomic E-state index is 13.2. The van der Waals surface area contributed by atoms with Gasteiger partial charge in [-0.1, -0.05) is 0 Å². The molecule has 0 aliphatic heterocycles. The third-order valence-corrected chi connectivity index (χ3v) is 2.02. The molecule has 0 bridgehead atoms. The van der Waals surface area contributed by atoms with Crippen LogP contribution in [0.3, 0.4) is 0 Å². The van der Waals surface area contributed by atoms with Crippen molar-refractivity contribution in [1.29, 1.82) is 0 Å². The number of primary amides is 1. The fourth-order valence-electron chi connectivity index (χ4n) is 1.02. The molecule has 0 heterocycles. The van der Waals surface area contributed by atoms with E-state index in [0.29, 0.717) is 0 Å². The summed E-state index contributed by atoms with van der Waals surface area (Å²) in [5.41, 5.74) is 4.77. The molecule has 0 radical (unpaired) electrons. The van der Waals surface area contributed by atoms with Crippen LogP contribution < -0.4 is 5.73 Å². The lowest BCUT2D eigenvalue weighted by Crippen LogP contribution is -2.15. The van der Waals surface area contributed by atoms with E-state index >= 15 is 0 Å². The van der Waals surface area contributed by atoms with Gasteiger partial charge >= 0.3 is 0 Å². The molecule has 4 heteroatoms. The van der Waals surface area contributed by atoms with Gasteiger partial charge in [0.1, 0.15) is 11.6 Å². The van der Waals surface area contributed by atoms with Crippen molar-refractivity contribution in [2.24, 2.45) is 5.73 Å². The molecule has 0 atom stereocenters. The van der Waals surface area contributed by atoms with Crippen LogP contribution in [0.4, 0.5) is 8.78 Å². The first-order chi connectivity index (χ1) is 5.95. The van der Waals surface area contributed by atoms with Crippen molar-refractivity contribution in [3.63, 3.8) is 0 Å². The van der Waals surface area contributed by atoms with Crippen LogP contribution in [0.25, 0.3) is 0 Å². The summed E-state index contributed by atoms with van der Waals surface area (Å²) < 4.78 is 26.2. The third-order valence-electron chi connectivity index (χ3n) is 2.02. The smallest absolute Gasteiger partial charge is 0.251 e. The van der Waals surface area contributed by atoms with Gasteiger partial charge in [-0.3, -0.25) is 4.79 Å². The summed E-state index contributed by atoms with van der Waals surface area (Å²) in [7, 11) is 0. The van der Waals surface area contributed by atoms with E-state index < -0.39 is 23.1 Å². The zero-order valence-corrected chi connectivity index (χ0v) is 7.32.